The number of hydrogen-bond acceptors (Lipinski definition) is 5. The maximum atomic E-state index is 13.1. The van der Waals surface area contributed by atoms with Crippen LogP contribution >= 0.6 is 0 Å². The van der Waals surface area contributed by atoms with Gasteiger partial charge in [0, 0.05) is 13.1 Å². The number of rotatable bonds is 9. The number of benzene rings is 2. The topological polar surface area (TPSA) is 108 Å². The van der Waals surface area contributed by atoms with Gasteiger partial charge in [-0.3, -0.25) is 19.2 Å². The smallest absolute Gasteiger partial charge is 0.289 e. The normalized spacial score (nSPS) is 17.9. The van der Waals surface area contributed by atoms with Gasteiger partial charge in [0.1, 0.15) is 12.1 Å². The molecule has 39 heavy (non-hydrogen) atoms. The van der Waals surface area contributed by atoms with E-state index in [1.165, 1.54) is 5.56 Å². The fourth-order valence-corrected chi connectivity index (χ4v) is 5.25. The van der Waals surface area contributed by atoms with Crippen molar-refractivity contribution in [1.29, 1.82) is 0 Å². The van der Waals surface area contributed by atoms with Gasteiger partial charge in [-0.25, -0.2) is 0 Å². The van der Waals surface area contributed by atoms with Gasteiger partial charge in [-0.15, -0.1) is 0 Å². The molecule has 0 bridgehead atoms. The van der Waals surface area contributed by atoms with Crippen LogP contribution in [-0.4, -0.2) is 60.6 Å². The molecule has 1 aliphatic heterocycles. The fourth-order valence-electron chi connectivity index (χ4n) is 5.25. The third-order valence-electron chi connectivity index (χ3n) is 7.37. The maximum absolute atomic E-state index is 13.1. The largest absolute Gasteiger partial charge is 0.345 e. The summed E-state index contributed by atoms with van der Waals surface area (Å²) < 4.78 is 0. The van der Waals surface area contributed by atoms with Gasteiger partial charge in [-0.1, -0.05) is 85.5 Å². The lowest BCUT2D eigenvalue weighted by atomic mass is 9.82. The number of ketones is 1. The van der Waals surface area contributed by atoms with Crippen molar-refractivity contribution in [2.45, 2.75) is 70.5 Å². The van der Waals surface area contributed by atoms with Crippen molar-refractivity contribution in [3.05, 3.63) is 71.8 Å². The predicted octanol–water partition coefficient (Wildman–Crippen LogP) is 3.14. The second kappa shape index (κ2) is 15.8. The molecule has 1 saturated carbocycles. The Morgan fingerprint density at radius 1 is 0.872 bits per heavy atom. The zero-order valence-corrected chi connectivity index (χ0v) is 23.2. The van der Waals surface area contributed by atoms with E-state index in [9.17, 15) is 19.2 Å². The van der Waals surface area contributed by atoms with Gasteiger partial charge < -0.3 is 20.9 Å². The summed E-state index contributed by atoms with van der Waals surface area (Å²) in [7, 11) is 1.69. The number of hydrogen-bond donors (Lipinski definition) is 3. The molecule has 2 fully saturated rings. The third-order valence-corrected chi connectivity index (χ3v) is 7.37. The Kier molecular flexibility index (Phi) is 12.2. The number of Topliss-reactive ketones (excluding diaryl/α,β-unsaturated/α-hetero) is 1. The van der Waals surface area contributed by atoms with E-state index < -0.39 is 23.8 Å². The van der Waals surface area contributed by atoms with Gasteiger partial charge in [0.25, 0.3) is 5.91 Å². The average molecular weight is 535 g/mol. The highest BCUT2D eigenvalue weighted by atomic mass is 16.2. The Hall–Kier alpha value is -3.52. The molecule has 0 spiro atoms. The number of amides is 3. The molecule has 1 heterocycles. The van der Waals surface area contributed by atoms with Crippen LogP contribution in [0, 0.1) is 12.8 Å². The van der Waals surface area contributed by atoms with E-state index in [1.807, 2.05) is 48.5 Å². The monoisotopic (exact) mass is 534 g/mol. The molecule has 2 aromatic rings. The first-order valence-corrected chi connectivity index (χ1v) is 14.0. The molecule has 8 heteroatoms. The van der Waals surface area contributed by atoms with Crippen molar-refractivity contribution in [3.8, 4) is 0 Å². The van der Waals surface area contributed by atoms with E-state index in [-0.39, 0.29) is 30.8 Å². The molecule has 0 radical (unpaired) electrons. The number of aryl methyl sites for hydroxylation is 1. The van der Waals surface area contributed by atoms with Crippen molar-refractivity contribution >= 4 is 23.5 Å². The van der Waals surface area contributed by atoms with Crippen LogP contribution < -0.4 is 16.0 Å². The average Bonchev–Trinajstić information content (AvgIpc) is 3.47. The van der Waals surface area contributed by atoms with Crippen LogP contribution in [0.15, 0.2) is 60.7 Å². The van der Waals surface area contributed by atoms with Gasteiger partial charge in [0.2, 0.25) is 17.6 Å². The van der Waals surface area contributed by atoms with Gasteiger partial charge in [-0.2, -0.15) is 0 Å². The first-order valence-electron chi connectivity index (χ1n) is 14.0. The number of nitrogens with one attached hydrogen (secondary N) is 3. The zero-order chi connectivity index (χ0) is 28.0. The SMILES string of the molecule is CNCC(=O)N1CCC[C@H]1C(=O)NC(C(=O)C(=O)NCc1ccccc1)C1CCCCC1.Cc1ccccc1. The molecule has 8 nitrogen and oxygen atoms in total. The van der Waals surface area contributed by atoms with Crippen molar-refractivity contribution in [2.24, 2.45) is 5.92 Å². The lowest BCUT2D eigenvalue weighted by molar-refractivity contribution is -0.143. The van der Waals surface area contributed by atoms with Gasteiger partial charge in [0.15, 0.2) is 0 Å². The summed E-state index contributed by atoms with van der Waals surface area (Å²) in [5.74, 6) is -1.82. The van der Waals surface area contributed by atoms with E-state index >= 15 is 0 Å². The van der Waals surface area contributed by atoms with E-state index in [0.717, 1.165) is 44.1 Å². The van der Waals surface area contributed by atoms with Crippen LogP contribution in [0.4, 0.5) is 0 Å². The van der Waals surface area contributed by atoms with E-state index in [0.29, 0.717) is 13.0 Å². The molecule has 1 aliphatic carbocycles. The highest BCUT2D eigenvalue weighted by Gasteiger charge is 2.39. The quantitative estimate of drug-likeness (QED) is 0.429. The minimum Gasteiger partial charge on any atom is -0.345 e. The van der Waals surface area contributed by atoms with Gasteiger partial charge in [0.05, 0.1) is 6.54 Å². The molecule has 2 atom stereocenters. The van der Waals surface area contributed by atoms with Crippen LogP contribution in [0.2, 0.25) is 0 Å². The minimum atomic E-state index is -0.861. The molecule has 2 aliphatic rings. The van der Waals surface area contributed by atoms with Crippen LogP contribution in [0.1, 0.15) is 56.1 Å². The van der Waals surface area contributed by atoms with Crippen LogP contribution in [0.25, 0.3) is 0 Å². The fraction of sp³-hybridized carbons (Fsp3) is 0.484. The van der Waals surface area contributed by atoms with Crippen LogP contribution in [0.5, 0.6) is 0 Å². The molecule has 210 valence electrons. The van der Waals surface area contributed by atoms with Gasteiger partial charge in [-0.05, 0) is 51.1 Å². The number of carbonyl (C=O) groups excluding carboxylic acids is 4. The van der Waals surface area contributed by atoms with Gasteiger partial charge >= 0.3 is 0 Å². The zero-order valence-electron chi connectivity index (χ0n) is 23.2. The van der Waals surface area contributed by atoms with Crippen molar-refractivity contribution < 1.29 is 19.2 Å². The van der Waals surface area contributed by atoms with Crippen LogP contribution in [0.3, 0.4) is 0 Å². The number of likely N-dealkylation sites (tertiary alicyclic amines) is 1. The van der Waals surface area contributed by atoms with E-state index in [4.69, 9.17) is 0 Å². The number of nitrogens with zero attached hydrogens (tertiary/aromatic N) is 1. The first-order chi connectivity index (χ1) is 18.9. The minimum absolute atomic E-state index is 0.0643. The maximum Gasteiger partial charge on any atom is 0.289 e. The molecule has 0 aromatic heterocycles. The van der Waals surface area contributed by atoms with E-state index in [1.54, 1.807) is 11.9 Å². The van der Waals surface area contributed by atoms with Crippen LogP contribution in [-0.2, 0) is 25.7 Å². The Morgan fingerprint density at radius 2 is 1.51 bits per heavy atom. The Morgan fingerprint density at radius 3 is 2.10 bits per heavy atom. The second-order valence-electron chi connectivity index (χ2n) is 10.3. The molecule has 2 aromatic carbocycles. The summed E-state index contributed by atoms with van der Waals surface area (Å²) in [4.78, 5) is 52.8. The molecule has 3 N–H and O–H groups in total. The lowest BCUT2D eigenvalue weighted by Crippen LogP contribution is -2.56. The summed E-state index contributed by atoms with van der Waals surface area (Å²) in [5.41, 5.74) is 2.22. The number of carbonyl (C=O) groups is 4. The Balaban J connectivity index is 0.000000520. The summed E-state index contributed by atoms with van der Waals surface area (Å²) >= 11 is 0. The summed E-state index contributed by atoms with van der Waals surface area (Å²) in [5, 5.41) is 8.39. The molecule has 4 rings (SSSR count). The summed E-state index contributed by atoms with van der Waals surface area (Å²) in [6.45, 7) is 3.03. The molecule has 1 unspecified atom stereocenters. The van der Waals surface area contributed by atoms with E-state index in [2.05, 4.69) is 35.0 Å². The second-order valence-corrected chi connectivity index (χ2v) is 10.3. The highest BCUT2D eigenvalue weighted by molar-refractivity contribution is 6.38. The third kappa shape index (κ3) is 9.32. The molecular formula is C31H42N4O4. The Bertz CT molecular complexity index is 1070. The summed E-state index contributed by atoms with van der Waals surface area (Å²) in [6.07, 6.45) is 5.96. The predicted molar refractivity (Wildman–Crippen MR) is 152 cm³/mol. The molecule has 3 amide bonds. The lowest BCUT2D eigenvalue weighted by Gasteiger charge is -2.31. The number of likely N-dealkylation sites (N-methyl/N-ethyl adjacent to an activating group) is 1. The van der Waals surface area contributed by atoms with Crippen molar-refractivity contribution in [1.82, 2.24) is 20.9 Å². The van der Waals surface area contributed by atoms with Crippen molar-refractivity contribution in [3.63, 3.8) is 0 Å². The van der Waals surface area contributed by atoms with Crippen molar-refractivity contribution in [2.75, 3.05) is 20.1 Å². The first kappa shape index (κ1) is 30.0. The molecular weight excluding hydrogens is 492 g/mol. The highest BCUT2D eigenvalue weighted by Crippen LogP contribution is 2.28. The summed E-state index contributed by atoms with van der Waals surface area (Å²) in [6, 6.07) is 18.2. The standard InChI is InChI=1S/C24H34N4O4.C7H8/c1-25-16-20(29)28-14-8-13-19(28)23(31)27-21(18-11-6-3-7-12-18)22(30)24(32)26-15-17-9-4-2-5-10-17;1-7-5-3-2-4-6-7/h2,4-5,9-10,18-19,21,25H,3,6-8,11-16H2,1H3,(H,26,32)(H,27,31);2-6H,1H3/t19-,21?;/m0./s1. The Labute approximate surface area is 231 Å². The molecule has 1 saturated heterocycles.